The van der Waals surface area contributed by atoms with Gasteiger partial charge in [0.2, 0.25) is 0 Å². The second-order valence-electron chi connectivity index (χ2n) is 4.85. The average molecular weight is 222 g/mol. The van der Waals surface area contributed by atoms with Crippen molar-refractivity contribution in [2.24, 2.45) is 11.8 Å². The number of rotatable bonds is 7. The lowest BCUT2D eigenvalue weighted by Gasteiger charge is -2.11. The Kier molecular flexibility index (Phi) is 3.93. The van der Waals surface area contributed by atoms with Crippen LogP contribution in [0.1, 0.15) is 38.9 Å². The van der Waals surface area contributed by atoms with Gasteiger partial charge in [-0.15, -0.1) is 0 Å². The number of hydrogen-bond donors (Lipinski definition) is 1. The Hall–Kier alpha value is -0.900. The summed E-state index contributed by atoms with van der Waals surface area (Å²) in [6, 6.07) is 0. The quantitative estimate of drug-likeness (QED) is 0.765. The van der Waals surface area contributed by atoms with Crippen molar-refractivity contribution in [1.82, 2.24) is 20.1 Å². The molecule has 4 heteroatoms. The zero-order valence-electron chi connectivity index (χ0n) is 10.3. The third-order valence-corrected chi connectivity index (χ3v) is 3.31. The molecule has 2 rings (SSSR count). The molecule has 1 saturated carbocycles. The molecule has 1 aliphatic rings. The van der Waals surface area contributed by atoms with Gasteiger partial charge in [0, 0.05) is 6.54 Å². The van der Waals surface area contributed by atoms with Crippen LogP contribution < -0.4 is 5.32 Å². The number of nitrogens with zero attached hydrogens (tertiary/aromatic N) is 3. The first-order chi connectivity index (χ1) is 7.81. The minimum absolute atomic E-state index is 0.808. The summed E-state index contributed by atoms with van der Waals surface area (Å²) in [5.74, 6) is 2.84. The van der Waals surface area contributed by atoms with Crippen molar-refractivity contribution in [1.29, 1.82) is 0 Å². The maximum atomic E-state index is 4.28. The molecule has 1 fully saturated rings. The molecule has 1 aromatic rings. The van der Waals surface area contributed by atoms with Crippen molar-refractivity contribution >= 4 is 0 Å². The third-order valence-electron chi connectivity index (χ3n) is 3.31. The van der Waals surface area contributed by atoms with Crippen LogP contribution >= 0.6 is 0 Å². The molecule has 0 aromatic carbocycles. The summed E-state index contributed by atoms with van der Waals surface area (Å²) in [5, 5.41) is 7.70. The van der Waals surface area contributed by atoms with Crippen molar-refractivity contribution in [2.75, 3.05) is 6.54 Å². The molecule has 16 heavy (non-hydrogen) atoms. The Labute approximate surface area is 97.5 Å². The molecule has 90 valence electrons. The molecule has 0 spiro atoms. The van der Waals surface area contributed by atoms with E-state index in [0.29, 0.717) is 0 Å². The smallest absolute Gasteiger partial charge is 0.140 e. The Balaban J connectivity index is 1.73. The van der Waals surface area contributed by atoms with Gasteiger partial charge in [-0.2, -0.15) is 5.10 Å². The molecular formula is C12H22N4. The predicted molar refractivity (Wildman–Crippen MR) is 63.9 cm³/mol. The lowest BCUT2D eigenvalue weighted by Crippen LogP contribution is -2.24. The van der Waals surface area contributed by atoms with E-state index in [-0.39, 0.29) is 0 Å². The Morgan fingerprint density at radius 3 is 3.06 bits per heavy atom. The van der Waals surface area contributed by atoms with Crippen molar-refractivity contribution in [3.05, 3.63) is 12.2 Å². The SMILES string of the molecule is CCCn1ncnc1CNCC(C)C1CC1. The van der Waals surface area contributed by atoms with Gasteiger partial charge < -0.3 is 5.32 Å². The van der Waals surface area contributed by atoms with E-state index in [1.54, 1.807) is 6.33 Å². The molecule has 0 bridgehead atoms. The average Bonchev–Trinajstić information content (AvgIpc) is 3.03. The van der Waals surface area contributed by atoms with E-state index >= 15 is 0 Å². The predicted octanol–water partition coefficient (Wildman–Crippen LogP) is 1.82. The van der Waals surface area contributed by atoms with Crippen molar-refractivity contribution < 1.29 is 0 Å². The van der Waals surface area contributed by atoms with Crippen molar-refractivity contribution in [2.45, 2.75) is 46.2 Å². The fourth-order valence-corrected chi connectivity index (χ4v) is 2.07. The number of nitrogens with one attached hydrogen (secondary N) is 1. The van der Waals surface area contributed by atoms with Gasteiger partial charge in [0.1, 0.15) is 12.2 Å². The lowest BCUT2D eigenvalue weighted by atomic mass is 10.1. The van der Waals surface area contributed by atoms with Crippen molar-refractivity contribution in [3.63, 3.8) is 0 Å². The first-order valence-electron chi connectivity index (χ1n) is 6.38. The molecule has 1 aliphatic carbocycles. The van der Waals surface area contributed by atoms with E-state index < -0.39 is 0 Å². The zero-order chi connectivity index (χ0) is 11.4. The van der Waals surface area contributed by atoms with Crippen LogP contribution in [0.15, 0.2) is 6.33 Å². The third kappa shape index (κ3) is 3.04. The zero-order valence-corrected chi connectivity index (χ0v) is 10.3. The Morgan fingerprint density at radius 2 is 2.38 bits per heavy atom. The summed E-state index contributed by atoms with van der Waals surface area (Å²) in [4.78, 5) is 4.28. The van der Waals surface area contributed by atoms with Crippen LogP contribution in [0, 0.1) is 11.8 Å². The molecule has 1 heterocycles. The summed E-state index contributed by atoms with van der Waals surface area (Å²) in [5.41, 5.74) is 0. The van der Waals surface area contributed by atoms with Gasteiger partial charge in [0.05, 0.1) is 6.54 Å². The van der Waals surface area contributed by atoms with Crippen LogP contribution in [-0.4, -0.2) is 21.3 Å². The standard InChI is InChI=1S/C12H22N4/c1-3-6-16-12(14-9-15-16)8-13-7-10(2)11-4-5-11/h9-11,13H,3-8H2,1-2H3. The highest BCUT2D eigenvalue weighted by Crippen LogP contribution is 2.36. The summed E-state index contributed by atoms with van der Waals surface area (Å²) < 4.78 is 1.99. The van der Waals surface area contributed by atoms with Crippen LogP contribution in [-0.2, 0) is 13.1 Å². The molecule has 0 radical (unpaired) electrons. The number of hydrogen-bond acceptors (Lipinski definition) is 3. The first kappa shape index (κ1) is 11.6. The number of aromatic nitrogens is 3. The fourth-order valence-electron chi connectivity index (χ4n) is 2.07. The van der Waals surface area contributed by atoms with Gasteiger partial charge in [0.15, 0.2) is 0 Å². The monoisotopic (exact) mass is 222 g/mol. The summed E-state index contributed by atoms with van der Waals surface area (Å²) in [7, 11) is 0. The summed E-state index contributed by atoms with van der Waals surface area (Å²) in [6.07, 6.45) is 5.61. The molecule has 1 atom stereocenters. The second-order valence-corrected chi connectivity index (χ2v) is 4.85. The largest absolute Gasteiger partial charge is 0.310 e. The van der Waals surface area contributed by atoms with Crippen LogP contribution in [0.4, 0.5) is 0 Å². The molecule has 1 N–H and O–H groups in total. The second kappa shape index (κ2) is 5.43. The van der Waals surface area contributed by atoms with Gasteiger partial charge in [0.25, 0.3) is 0 Å². The highest BCUT2D eigenvalue weighted by Gasteiger charge is 2.27. The van der Waals surface area contributed by atoms with E-state index in [9.17, 15) is 0 Å². The number of aryl methyl sites for hydroxylation is 1. The molecule has 1 aromatic heterocycles. The lowest BCUT2D eigenvalue weighted by molar-refractivity contribution is 0.448. The van der Waals surface area contributed by atoms with E-state index in [1.165, 1.54) is 12.8 Å². The molecule has 0 amide bonds. The fraction of sp³-hybridized carbons (Fsp3) is 0.833. The highest BCUT2D eigenvalue weighted by atomic mass is 15.3. The summed E-state index contributed by atoms with van der Waals surface area (Å²) >= 11 is 0. The van der Waals surface area contributed by atoms with Gasteiger partial charge in [-0.05, 0) is 37.6 Å². The van der Waals surface area contributed by atoms with Gasteiger partial charge >= 0.3 is 0 Å². The van der Waals surface area contributed by atoms with Gasteiger partial charge in [-0.1, -0.05) is 13.8 Å². The van der Waals surface area contributed by atoms with Crippen LogP contribution in [0.5, 0.6) is 0 Å². The van der Waals surface area contributed by atoms with Crippen LogP contribution in [0.2, 0.25) is 0 Å². The first-order valence-corrected chi connectivity index (χ1v) is 6.38. The normalized spacial score (nSPS) is 17.6. The Bertz CT molecular complexity index is 317. The van der Waals surface area contributed by atoms with E-state index in [1.807, 2.05) is 4.68 Å². The van der Waals surface area contributed by atoms with Gasteiger partial charge in [-0.3, -0.25) is 0 Å². The van der Waals surface area contributed by atoms with Crippen LogP contribution in [0.25, 0.3) is 0 Å². The molecule has 0 aliphatic heterocycles. The molecule has 4 nitrogen and oxygen atoms in total. The maximum Gasteiger partial charge on any atom is 0.140 e. The summed E-state index contributed by atoms with van der Waals surface area (Å²) in [6.45, 7) is 7.41. The Morgan fingerprint density at radius 1 is 1.56 bits per heavy atom. The molecular weight excluding hydrogens is 200 g/mol. The maximum absolute atomic E-state index is 4.28. The van der Waals surface area contributed by atoms with Crippen LogP contribution in [0.3, 0.4) is 0 Å². The van der Waals surface area contributed by atoms with Crippen molar-refractivity contribution in [3.8, 4) is 0 Å². The topological polar surface area (TPSA) is 42.7 Å². The van der Waals surface area contributed by atoms with E-state index in [0.717, 1.165) is 43.7 Å². The molecule has 0 saturated heterocycles. The molecule has 1 unspecified atom stereocenters. The highest BCUT2D eigenvalue weighted by molar-refractivity contribution is 4.85. The van der Waals surface area contributed by atoms with E-state index in [2.05, 4.69) is 29.2 Å². The van der Waals surface area contributed by atoms with Gasteiger partial charge in [-0.25, -0.2) is 9.67 Å². The minimum Gasteiger partial charge on any atom is -0.310 e. The minimum atomic E-state index is 0.808. The van der Waals surface area contributed by atoms with E-state index in [4.69, 9.17) is 0 Å².